The normalized spacial score (nSPS) is 18.6. The molecule has 0 saturated carbocycles. The largest absolute Gasteiger partial charge is 0.504 e. The van der Waals surface area contributed by atoms with Gasteiger partial charge in [-0.2, -0.15) is 0 Å². The number of nitrogens with zero attached hydrogens (tertiary/aromatic N) is 1. The SMILES string of the molecule is COc1cccc(C(=O)N2CCCCC2C(N)=S)c1O. The summed E-state index contributed by atoms with van der Waals surface area (Å²) in [5.41, 5.74) is 5.93. The molecule has 108 valence electrons. The van der Waals surface area contributed by atoms with Crippen molar-refractivity contribution < 1.29 is 14.6 Å². The highest BCUT2D eigenvalue weighted by Crippen LogP contribution is 2.31. The fourth-order valence-corrected chi connectivity index (χ4v) is 2.73. The molecule has 1 atom stereocenters. The molecule has 0 bridgehead atoms. The van der Waals surface area contributed by atoms with Crippen LogP contribution in [0.4, 0.5) is 0 Å². The lowest BCUT2D eigenvalue weighted by Gasteiger charge is -2.35. The number of nitrogens with two attached hydrogens (primary N) is 1. The van der Waals surface area contributed by atoms with Crippen molar-refractivity contribution in [1.82, 2.24) is 4.90 Å². The summed E-state index contributed by atoms with van der Waals surface area (Å²) < 4.78 is 5.03. The molecule has 0 aromatic heterocycles. The van der Waals surface area contributed by atoms with Crippen molar-refractivity contribution in [2.24, 2.45) is 5.73 Å². The fraction of sp³-hybridized carbons (Fsp3) is 0.429. The summed E-state index contributed by atoms with van der Waals surface area (Å²) in [7, 11) is 1.45. The highest BCUT2D eigenvalue weighted by Gasteiger charge is 2.31. The van der Waals surface area contributed by atoms with Gasteiger partial charge in [0.15, 0.2) is 11.5 Å². The monoisotopic (exact) mass is 294 g/mol. The average molecular weight is 294 g/mol. The van der Waals surface area contributed by atoms with Crippen LogP contribution in [0.3, 0.4) is 0 Å². The number of rotatable bonds is 3. The number of para-hydroxylation sites is 1. The van der Waals surface area contributed by atoms with E-state index in [1.807, 2.05) is 0 Å². The van der Waals surface area contributed by atoms with Gasteiger partial charge in [-0.25, -0.2) is 0 Å². The van der Waals surface area contributed by atoms with Crippen LogP contribution in [0.2, 0.25) is 0 Å². The lowest BCUT2D eigenvalue weighted by atomic mass is 10.0. The Labute approximate surface area is 123 Å². The third kappa shape index (κ3) is 2.70. The molecule has 1 aromatic rings. The Bertz CT molecular complexity index is 533. The number of hydrogen-bond donors (Lipinski definition) is 2. The van der Waals surface area contributed by atoms with Crippen molar-refractivity contribution in [3.63, 3.8) is 0 Å². The zero-order chi connectivity index (χ0) is 14.7. The standard InChI is InChI=1S/C14H18N2O3S/c1-19-11-7-4-5-9(12(11)17)14(18)16-8-3-2-6-10(16)13(15)20/h4-5,7,10,17H,2-3,6,8H2,1H3,(H2,15,20). The second-order valence-electron chi connectivity index (χ2n) is 4.77. The minimum atomic E-state index is -0.265. The summed E-state index contributed by atoms with van der Waals surface area (Å²) in [6.07, 6.45) is 2.68. The van der Waals surface area contributed by atoms with Gasteiger partial charge in [0, 0.05) is 6.54 Å². The third-order valence-electron chi connectivity index (χ3n) is 3.54. The Kier molecular flexibility index (Phi) is 4.44. The van der Waals surface area contributed by atoms with E-state index in [-0.39, 0.29) is 29.0 Å². The number of benzene rings is 1. The first-order chi connectivity index (χ1) is 9.56. The molecule has 1 aromatic carbocycles. The minimum Gasteiger partial charge on any atom is -0.504 e. The zero-order valence-electron chi connectivity index (χ0n) is 11.3. The maximum atomic E-state index is 12.6. The van der Waals surface area contributed by atoms with E-state index in [1.54, 1.807) is 23.1 Å². The molecule has 1 saturated heterocycles. The van der Waals surface area contributed by atoms with Gasteiger partial charge in [0.1, 0.15) is 0 Å². The second kappa shape index (κ2) is 6.09. The summed E-state index contributed by atoms with van der Waals surface area (Å²) in [5, 5.41) is 10.1. The van der Waals surface area contributed by atoms with Crippen molar-refractivity contribution in [1.29, 1.82) is 0 Å². The first kappa shape index (κ1) is 14.6. The van der Waals surface area contributed by atoms with E-state index in [0.29, 0.717) is 11.5 Å². The second-order valence-corrected chi connectivity index (χ2v) is 5.24. The Morgan fingerprint density at radius 2 is 2.25 bits per heavy atom. The number of hydrogen-bond acceptors (Lipinski definition) is 4. The van der Waals surface area contributed by atoms with Gasteiger partial charge in [0.2, 0.25) is 0 Å². The Morgan fingerprint density at radius 1 is 1.50 bits per heavy atom. The molecular formula is C14H18N2O3S. The lowest BCUT2D eigenvalue weighted by molar-refractivity contribution is 0.0678. The van der Waals surface area contributed by atoms with Crippen LogP contribution in [-0.2, 0) is 0 Å². The first-order valence-electron chi connectivity index (χ1n) is 6.52. The molecule has 1 unspecified atom stereocenters. The van der Waals surface area contributed by atoms with E-state index >= 15 is 0 Å². The molecule has 1 aliphatic rings. The van der Waals surface area contributed by atoms with Crippen LogP contribution in [0.15, 0.2) is 18.2 Å². The van der Waals surface area contributed by atoms with Gasteiger partial charge in [-0.1, -0.05) is 18.3 Å². The van der Waals surface area contributed by atoms with Crippen LogP contribution in [0.1, 0.15) is 29.6 Å². The quantitative estimate of drug-likeness (QED) is 0.830. The van der Waals surface area contributed by atoms with Crippen molar-refractivity contribution >= 4 is 23.1 Å². The summed E-state index contributed by atoms with van der Waals surface area (Å²) >= 11 is 5.04. The molecule has 1 fully saturated rings. The van der Waals surface area contributed by atoms with Crippen LogP contribution in [0, 0.1) is 0 Å². The van der Waals surface area contributed by atoms with Gasteiger partial charge in [0.25, 0.3) is 5.91 Å². The van der Waals surface area contributed by atoms with Crippen molar-refractivity contribution in [2.75, 3.05) is 13.7 Å². The summed E-state index contributed by atoms with van der Waals surface area (Å²) in [6.45, 7) is 0.595. The van der Waals surface area contributed by atoms with E-state index in [9.17, 15) is 9.90 Å². The summed E-state index contributed by atoms with van der Waals surface area (Å²) in [4.78, 5) is 14.6. The topological polar surface area (TPSA) is 75.8 Å². The van der Waals surface area contributed by atoms with Crippen LogP contribution in [0.5, 0.6) is 11.5 Å². The van der Waals surface area contributed by atoms with E-state index in [4.69, 9.17) is 22.7 Å². The molecule has 0 spiro atoms. The third-order valence-corrected chi connectivity index (χ3v) is 3.81. The van der Waals surface area contributed by atoms with Crippen molar-refractivity contribution in [3.05, 3.63) is 23.8 Å². The number of ether oxygens (including phenoxy) is 1. The molecule has 0 aliphatic carbocycles. The van der Waals surface area contributed by atoms with Crippen molar-refractivity contribution in [3.8, 4) is 11.5 Å². The predicted octanol–water partition coefficient (Wildman–Crippen LogP) is 1.68. The molecular weight excluding hydrogens is 276 g/mol. The Morgan fingerprint density at radius 3 is 2.90 bits per heavy atom. The smallest absolute Gasteiger partial charge is 0.258 e. The van der Waals surface area contributed by atoms with Gasteiger partial charge in [0.05, 0.1) is 23.7 Å². The highest BCUT2D eigenvalue weighted by molar-refractivity contribution is 7.80. The van der Waals surface area contributed by atoms with Gasteiger partial charge < -0.3 is 20.5 Å². The Balaban J connectivity index is 2.32. The van der Waals surface area contributed by atoms with Gasteiger partial charge in [-0.05, 0) is 31.4 Å². The molecule has 2 rings (SSSR count). The molecule has 6 heteroatoms. The number of carbonyl (C=O) groups excluding carboxylic acids is 1. The molecule has 5 nitrogen and oxygen atoms in total. The zero-order valence-corrected chi connectivity index (χ0v) is 12.2. The number of methoxy groups -OCH3 is 1. The van der Waals surface area contributed by atoms with E-state index in [0.717, 1.165) is 19.3 Å². The number of amides is 1. The summed E-state index contributed by atoms with van der Waals surface area (Å²) in [6, 6.07) is 4.61. The maximum Gasteiger partial charge on any atom is 0.258 e. The number of aromatic hydroxyl groups is 1. The van der Waals surface area contributed by atoms with Gasteiger partial charge in [-0.15, -0.1) is 0 Å². The predicted molar refractivity (Wildman–Crippen MR) is 80.1 cm³/mol. The summed E-state index contributed by atoms with van der Waals surface area (Å²) in [5.74, 6) is -0.133. The fourth-order valence-electron chi connectivity index (χ4n) is 2.48. The molecule has 0 radical (unpaired) electrons. The van der Waals surface area contributed by atoms with Crippen LogP contribution in [0.25, 0.3) is 0 Å². The number of thiocarbonyl (C=S) groups is 1. The van der Waals surface area contributed by atoms with Crippen molar-refractivity contribution in [2.45, 2.75) is 25.3 Å². The molecule has 1 aliphatic heterocycles. The number of phenolic OH excluding ortho intramolecular Hbond substituents is 1. The van der Waals surface area contributed by atoms with Crippen LogP contribution < -0.4 is 10.5 Å². The molecule has 3 N–H and O–H groups in total. The number of likely N-dealkylation sites (tertiary alicyclic amines) is 1. The lowest BCUT2D eigenvalue weighted by Crippen LogP contribution is -2.49. The van der Waals surface area contributed by atoms with E-state index in [2.05, 4.69) is 0 Å². The first-order valence-corrected chi connectivity index (χ1v) is 6.93. The van der Waals surface area contributed by atoms with Crippen LogP contribution in [-0.4, -0.2) is 40.6 Å². The molecule has 20 heavy (non-hydrogen) atoms. The maximum absolute atomic E-state index is 12.6. The van der Waals surface area contributed by atoms with E-state index in [1.165, 1.54) is 7.11 Å². The number of carbonyl (C=O) groups is 1. The highest BCUT2D eigenvalue weighted by atomic mass is 32.1. The molecule has 1 heterocycles. The Hall–Kier alpha value is -1.82. The van der Waals surface area contributed by atoms with Gasteiger partial charge >= 0.3 is 0 Å². The number of phenols is 1. The minimum absolute atomic E-state index is 0.146. The van der Waals surface area contributed by atoms with Gasteiger partial charge in [-0.3, -0.25) is 4.79 Å². The van der Waals surface area contributed by atoms with E-state index < -0.39 is 0 Å². The molecule has 1 amide bonds. The average Bonchev–Trinajstić information content (AvgIpc) is 2.46. The number of piperidine rings is 1. The van der Waals surface area contributed by atoms with Crippen LogP contribution >= 0.6 is 12.2 Å².